The SMILES string of the molecule is NNc1c(COc2cc(F)ccc2Br)cccc1[N+](=O)[O-]. The number of hydrogen-bond donors (Lipinski definition) is 2. The fourth-order valence-corrected chi connectivity index (χ4v) is 2.13. The van der Waals surface area contributed by atoms with Crippen molar-refractivity contribution in [1.29, 1.82) is 0 Å². The van der Waals surface area contributed by atoms with Crippen molar-refractivity contribution in [2.45, 2.75) is 6.61 Å². The van der Waals surface area contributed by atoms with Gasteiger partial charge < -0.3 is 10.2 Å². The Morgan fingerprint density at radius 3 is 2.81 bits per heavy atom. The molecule has 0 saturated carbocycles. The monoisotopic (exact) mass is 355 g/mol. The summed E-state index contributed by atoms with van der Waals surface area (Å²) in [5.41, 5.74) is 2.80. The summed E-state index contributed by atoms with van der Waals surface area (Å²) in [6.45, 7) is 0.00324. The number of nitrogen functional groups attached to an aromatic ring is 1. The van der Waals surface area contributed by atoms with E-state index in [1.165, 1.54) is 30.3 Å². The van der Waals surface area contributed by atoms with Crippen LogP contribution < -0.4 is 16.0 Å². The van der Waals surface area contributed by atoms with E-state index in [2.05, 4.69) is 21.4 Å². The molecule has 0 aliphatic rings. The Hall–Kier alpha value is -2.19. The van der Waals surface area contributed by atoms with Crippen LogP contribution in [0.1, 0.15) is 5.56 Å². The summed E-state index contributed by atoms with van der Waals surface area (Å²) in [5.74, 6) is 5.19. The summed E-state index contributed by atoms with van der Waals surface area (Å²) in [6, 6.07) is 8.51. The van der Waals surface area contributed by atoms with E-state index in [0.717, 1.165) is 0 Å². The number of nitro benzene ring substituents is 1. The lowest BCUT2D eigenvalue weighted by atomic mass is 10.1. The van der Waals surface area contributed by atoms with Crippen LogP contribution in [0.25, 0.3) is 0 Å². The standard InChI is InChI=1S/C13H11BrFN3O3/c14-10-5-4-9(15)6-12(10)21-7-8-2-1-3-11(18(19)20)13(8)17-16/h1-6,17H,7,16H2. The summed E-state index contributed by atoms with van der Waals surface area (Å²) in [6.07, 6.45) is 0. The number of hydrazine groups is 1. The first-order valence-electron chi connectivity index (χ1n) is 5.83. The molecule has 0 amide bonds. The molecule has 0 saturated heterocycles. The molecule has 21 heavy (non-hydrogen) atoms. The molecule has 0 radical (unpaired) electrons. The van der Waals surface area contributed by atoms with Crippen LogP contribution in [0.3, 0.4) is 0 Å². The largest absolute Gasteiger partial charge is 0.488 e. The maximum atomic E-state index is 13.2. The summed E-state index contributed by atoms with van der Waals surface area (Å²) in [7, 11) is 0. The fourth-order valence-electron chi connectivity index (χ4n) is 1.77. The van der Waals surface area contributed by atoms with E-state index in [1.807, 2.05) is 0 Å². The molecule has 0 aliphatic heterocycles. The number of para-hydroxylation sites is 1. The zero-order valence-corrected chi connectivity index (χ0v) is 12.3. The van der Waals surface area contributed by atoms with Gasteiger partial charge in [-0.05, 0) is 28.1 Å². The van der Waals surface area contributed by atoms with E-state index >= 15 is 0 Å². The number of rotatable bonds is 5. The second-order valence-corrected chi connectivity index (χ2v) is 4.93. The molecule has 3 N–H and O–H groups in total. The van der Waals surface area contributed by atoms with Gasteiger partial charge in [-0.1, -0.05) is 12.1 Å². The van der Waals surface area contributed by atoms with Crippen LogP contribution in [0.15, 0.2) is 40.9 Å². The van der Waals surface area contributed by atoms with Gasteiger partial charge in [0, 0.05) is 17.7 Å². The van der Waals surface area contributed by atoms with Crippen molar-refractivity contribution >= 4 is 27.3 Å². The summed E-state index contributed by atoms with van der Waals surface area (Å²) >= 11 is 3.24. The summed E-state index contributed by atoms with van der Waals surface area (Å²) < 4.78 is 19.2. The molecule has 0 bridgehead atoms. The predicted octanol–water partition coefficient (Wildman–Crippen LogP) is 3.36. The van der Waals surface area contributed by atoms with Gasteiger partial charge in [-0.2, -0.15) is 0 Å². The van der Waals surface area contributed by atoms with Crippen LogP contribution in [0.5, 0.6) is 5.75 Å². The van der Waals surface area contributed by atoms with Crippen molar-refractivity contribution < 1.29 is 14.1 Å². The summed E-state index contributed by atoms with van der Waals surface area (Å²) in [4.78, 5) is 10.4. The number of nitro groups is 1. The van der Waals surface area contributed by atoms with Gasteiger partial charge in [-0.25, -0.2) is 4.39 Å². The van der Waals surface area contributed by atoms with E-state index in [9.17, 15) is 14.5 Å². The number of nitrogens with two attached hydrogens (primary N) is 1. The second kappa shape index (κ2) is 6.51. The number of nitrogens with one attached hydrogen (secondary N) is 1. The van der Waals surface area contributed by atoms with E-state index in [1.54, 1.807) is 6.07 Å². The number of anilines is 1. The minimum Gasteiger partial charge on any atom is -0.488 e. The van der Waals surface area contributed by atoms with Crippen LogP contribution in [0.2, 0.25) is 0 Å². The Balaban J connectivity index is 2.26. The number of nitrogens with zero attached hydrogens (tertiary/aromatic N) is 1. The average Bonchev–Trinajstić information content (AvgIpc) is 2.47. The van der Waals surface area contributed by atoms with Gasteiger partial charge in [0.15, 0.2) is 0 Å². The highest BCUT2D eigenvalue weighted by Crippen LogP contribution is 2.30. The molecule has 2 aromatic carbocycles. The van der Waals surface area contributed by atoms with Crippen molar-refractivity contribution in [3.05, 3.63) is 62.4 Å². The van der Waals surface area contributed by atoms with E-state index in [-0.39, 0.29) is 18.0 Å². The number of hydrogen-bond acceptors (Lipinski definition) is 5. The van der Waals surface area contributed by atoms with Crippen molar-refractivity contribution in [3.8, 4) is 5.75 Å². The van der Waals surface area contributed by atoms with Gasteiger partial charge >= 0.3 is 0 Å². The van der Waals surface area contributed by atoms with Crippen LogP contribution in [-0.2, 0) is 6.61 Å². The minimum atomic E-state index is -0.545. The highest BCUT2D eigenvalue weighted by atomic mass is 79.9. The Labute approximate surface area is 128 Å². The van der Waals surface area contributed by atoms with E-state index in [0.29, 0.717) is 15.8 Å². The molecule has 6 nitrogen and oxygen atoms in total. The predicted molar refractivity (Wildman–Crippen MR) is 79.3 cm³/mol. The maximum absolute atomic E-state index is 13.2. The quantitative estimate of drug-likeness (QED) is 0.487. The highest BCUT2D eigenvalue weighted by Gasteiger charge is 2.17. The molecule has 2 aromatic rings. The smallest absolute Gasteiger partial charge is 0.294 e. The number of halogens is 2. The maximum Gasteiger partial charge on any atom is 0.294 e. The lowest BCUT2D eigenvalue weighted by Crippen LogP contribution is -2.12. The van der Waals surface area contributed by atoms with Gasteiger partial charge in [-0.3, -0.25) is 16.0 Å². The highest BCUT2D eigenvalue weighted by molar-refractivity contribution is 9.10. The molecule has 0 fully saturated rings. The molecule has 0 atom stereocenters. The van der Waals surface area contributed by atoms with Gasteiger partial charge in [-0.15, -0.1) is 0 Å². The van der Waals surface area contributed by atoms with Gasteiger partial charge in [0.25, 0.3) is 5.69 Å². The lowest BCUT2D eigenvalue weighted by Gasteiger charge is -2.12. The molecule has 2 rings (SSSR count). The second-order valence-electron chi connectivity index (χ2n) is 4.08. The molecular formula is C13H11BrFN3O3. The van der Waals surface area contributed by atoms with Gasteiger partial charge in [0.2, 0.25) is 0 Å². The minimum absolute atomic E-state index is 0.00324. The third-order valence-corrected chi connectivity index (χ3v) is 3.40. The van der Waals surface area contributed by atoms with Crippen molar-refractivity contribution in [1.82, 2.24) is 0 Å². The van der Waals surface area contributed by atoms with Gasteiger partial charge in [0.05, 0.1) is 9.40 Å². The lowest BCUT2D eigenvalue weighted by molar-refractivity contribution is -0.384. The van der Waals surface area contributed by atoms with E-state index < -0.39 is 10.7 Å². The molecule has 0 unspecified atom stereocenters. The fraction of sp³-hybridized carbons (Fsp3) is 0.0769. The Kier molecular flexibility index (Phi) is 4.71. The number of ether oxygens (including phenoxy) is 1. The average molecular weight is 356 g/mol. The van der Waals surface area contributed by atoms with Crippen molar-refractivity contribution in [3.63, 3.8) is 0 Å². The Morgan fingerprint density at radius 2 is 2.14 bits per heavy atom. The zero-order chi connectivity index (χ0) is 15.4. The molecule has 8 heteroatoms. The first-order chi connectivity index (χ1) is 10.0. The Morgan fingerprint density at radius 1 is 1.38 bits per heavy atom. The zero-order valence-electron chi connectivity index (χ0n) is 10.7. The number of benzene rings is 2. The normalized spacial score (nSPS) is 10.2. The van der Waals surface area contributed by atoms with Crippen LogP contribution in [0, 0.1) is 15.9 Å². The topological polar surface area (TPSA) is 90.4 Å². The molecule has 0 aromatic heterocycles. The van der Waals surface area contributed by atoms with Crippen molar-refractivity contribution in [2.75, 3.05) is 5.43 Å². The molecule has 0 spiro atoms. The van der Waals surface area contributed by atoms with Crippen molar-refractivity contribution in [2.24, 2.45) is 5.84 Å². The first-order valence-corrected chi connectivity index (χ1v) is 6.63. The van der Waals surface area contributed by atoms with Gasteiger partial charge in [0.1, 0.15) is 23.9 Å². The van der Waals surface area contributed by atoms with E-state index in [4.69, 9.17) is 10.6 Å². The van der Waals surface area contributed by atoms with Crippen LogP contribution in [-0.4, -0.2) is 4.92 Å². The third kappa shape index (κ3) is 3.47. The molecular weight excluding hydrogens is 345 g/mol. The molecule has 0 heterocycles. The van der Waals surface area contributed by atoms with Crippen LogP contribution in [0.4, 0.5) is 15.8 Å². The first kappa shape index (κ1) is 15.2. The molecule has 110 valence electrons. The summed E-state index contributed by atoms with van der Waals surface area (Å²) in [5, 5.41) is 10.9. The Bertz CT molecular complexity index is 682. The molecule has 0 aliphatic carbocycles. The third-order valence-electron chi connectivity index (χ3n) is 2.75. The van der Waals surface area contributed by atoms with Crippen LogP contribution >= 0.6 is 15.9 Å².